The monoisotopic (exact) mass is 364 g/mol. The van der Waals surface area contributed by atoms with Gasteiger partial charge in [0.25, 0.3) is 0 Å². The van der Waals surface area contributed by atoms with Crippen molar-refractivity contribution in [1.29, 1.82) is 0 Å². The normalized spacial score (nSPS) is 12.3. The molecule has 0 heterocycles. The van der Waals surface area contributed by atoms with Gasteiger partial charge in [-0.2, -0.15) is 11.8 Å². The van der Waals surface area contributed by atoms with E-state index < -0.39 is 0 Å². The third-order valence-electron chi connectivity index (χ3n) is 3.11. The molecule has 2 N–H and O–H groups in total. The number of halogens is 2. The van der Waals surface area contributed by atoms with Crippen LogP contribution in [0.25, 0.3) is 0 Å². The lowest BCUT2D eigenvalue weighted by atomic mass is 10.1. The first-order valence-corrected chi connectivity index (χ1v) is 8.49. The van der Waals surface area contributed by atoms with Gasteiger partial charge in [-0.25, -0.2) is 4.39 Å². The molecule has 0 saturated carbocycles. The Labute approximate surface area is 132 Å². The predicted molar refractivity (Wildman–Crippen MR) is 90.9 cm³/mol. The van der Waals surface area contributed by atoms with Crippen LogP contribution in [0.2, 0.25) is 0 Å². The number of anilines is 1. The first-order valence-electron chi connectivity index (χ1n) is 5.89. The molecule has 0 aliphatic carbocycles. The van der Waals surface area contributed by atoms with Gasteiger partial charge in [-0.3, -0.25) is 0 Å². The average Bonchev–Trinajstić information content (AvgIpc) is 2.37. The maximum Gasteiger partial charge on any atom is 0.161 e. The minimum absolute atomic E-state index is 0.190. The van der Waals surface area contributed by atoms with E-state index in [0.29, 0.717) is 15.7 Å². The van der Waals surface area contributed by atoms with Gasteiger partial charge < -0.3 is 10.6 Å². The highest BCUT2D eigenvalue weighted by atomic mass is 79.9. The summed E-state index contributed by atoms with van der Waals surface area (Å²) in [5.74, 6) is 0.739. The summed E-state index contributed by atoms with van der Waals surface area (Å²) in [4.78, 5) is 2.13. The third kappa shape index (κ3) is 4.07. The summed E-state index contributed by atoms with van der Waals surface area (Å²) in [5.41, 5.74) is 6.64. The van der Waals surface area contributed by atoms with E-state index in [0.717, 1.165) is 12.2 Å². The van der Waals surface area contributed by atoms with Gasteiger partial charge in [-0.05, 0) is 53.4 Å². The van der Waals surface area contributed by atoms with Crippen LogP contribution < -0.4 is 10.6 Å². The number of benzene rings is 1. The quantitative estimate of drug-likeness (QED) is 0.777. The number of nitrogens with zero attached hydrogens (tertiary/aromatic N) is 1. The van der Waals surface area contributed by atoms with Crippen LogP contribution in [0, 0.1) is 5.82 Å². The van der Waals surface area contributed by atoms with Crippen molar-refractivity contribution in [3.8, 4) is 0 Å². The molecule has 0 bridgehead atoms. The molecule has 1 aromatic carbocycles. The van der Waals surface area contributed by atoms with E-state index in [2.05, 4.69) is 29.1 Å². The minimum atomic E-state index is -0.316. The molecule has 0 amide bonds. The van der Waals surface area contributed by atoms with Gasteiger partial charge in [0, 0.05) is 18.7 Å². The zero-order valence-corrected chi connectivity index (χ0v) is 14.5. The molecule has 1 unspecified atom stereocenters. The Hall–Kier alpha value is -0.330. The van der Waals surface area contributed by atoms with Crippen LogP contribution in [-0.2, 0) is 0 Å². The van der Waals surface area contributed by atoms with Gasteiger partial charge in [-0.1, -0.05) is 12.2 Å². The second kappa shape index (κ2) is 7.45. The molecule has 1 aromatic rings. The Morgan fingerprint density at radius 1 is 1.58 bits per heavy atom. The van der Waals surface area contributed by atoms with E-state index in [1.54, 1.807) is 23.9 Å². The fourth-order valence-electron chi connectivity index (χ4n) is 1.72. The number of nitrogens with two attached hydrogens (primary N) is 1. The van der Waals surface area contributed by atoms with E-state index in [-0.39, 0.29) is 16.8 Å². The maximum absolute atomic E-state index is 14.3. The van der Waals surface area contributed by atoms with Crippen LogP contribution in [0.3, 0.4) is 0 Å². The van der Waals surface area contributed by atoms with Crippen LogP contribution in [-0.4, -0.2) is 30.1 Å². The van der Waals surface area contributed by atoms with Crippen molar-refractivity contribution < 1.29 is 4.39 Å². The second-order valence-corrected chi connectivity index (χ2v) is 6.58. The number of rotatable bonds is 6. The molecular weight excluding hydrogens is 347 g/mol. The highest BCUT2D eigenvalue weighted by molar-refractivity contribution is 9.10. The fourth-order valence-corrected chi connectivity index (χ4v) is 3.15. The zero-order chi connectivity index (χ0) is 14.6. The van der Waals surface area contributed by atoms with Gasteiger partial charge in [-0.15, -0.1) is 0 Å². The summed E-state index contributed by atoms with van der Waals surface area (Å²) in [6.45, 7) is 2.09. The van der Waals surface area contributed by atoms with E-state index >= 15 is 0 Å². The molecule has 0 fully saturated rings. The molecule has 19 heavy (non-hydrogen) atoms. The topological polar surface area (TPSA) is 29.3 Å². The van der Waals surface area contributed by atoms with Crippen molar-refractivity contribution in [2.75, 3.05) is 24.0 Å². The average molecular weight is 365 g/mol. The van der Waals surface area contributed by atoms with Crippen molar-refractivity contribution in [2.24, 2.45) is 5.73 Å². The number of hydrogen-bond donors (Lipinski definition) is 1. The highest BCUT2D eigenvalue weighted by Crippen LogP contribution is 2.30. The Morgan fingerprint density at radius 2 is 2.21 bits per heavy atom. The largest absolute Gasteiger partial charge is 0.389 e. The highest BCUT2D eigenvalue weighted by Gasteiger charge is 2.18. The van der Waals surface area contributed by atoms with Crippen LogP contribution >= 0.6 is 39.9 Å². The van der Waals surface area contributed by atoms with Crippen molar-refractivity contribution in [1.82, 2.24) is 0 Å². The van der Waals surface area contributed by atoms with E-state index in [1.807, 2.05) is 11.9 Å². The summed E-state index contributed by atoms with van der Waals surface area (Å²) < 4.78 is 14.7. The Morgan fingerprint density at radius 3 is 2.74 bits per heavy atom. The molecule has 6 heteroatoms. The molecule has 0 aromatic heterocycles. The van der Waals surface area contributed by atoms with Crippen LogP contribution in [0.5, 0.6) is 0 Å². The Kier molecular flexibility index (Phi) is 6.56. The van der Waals surface area contributed by atoms with Crippen molar-refractivity contribution >= 4 is 50.6 Å². The Balaban J connectivity index is 3.02. The predicted octanol–water partition coefficient (Wildman–Crippen LogP) is 3.80. The smallest absolute Gasteiger partial charge is 0.161 e. The Bertz CT molecular complexity index is 468. The van der Waals surface area contributed by atoms with Gasteiger partial charge in [0.15, 0.2) is 5.82 Å². The van der Waals surface area contributed by atoms with Crippen LogP contribution in [0.1, 0.15) is 18.9 Å². The lowest BCUT2D eigenvalue weighted by molar-refractivity contribution is 0.595. The van der Waals surface area contributed by atoms with Crippen LogP contribution in [0.15, 0.2) is 16.6 Å². The molecule has 2 nitrogen and oxygen atoms in total. The summed E-state index contributed by atoms with van der Waals surface area (Å²) in [6.07, 6.45) is 3.08. The summed E-state index contributed by atoms with van der Waals surface area (Å²) in [5, 5.41) is 0. The molecule has 0 saturated heterocycles. The van der Waals surface area contributed by atoms with Gasteiger partial charge in [0.1, 0.15) is 4.99 Å². The van der Waals surface area contributed by atoms with Crippen LogP contribution in [0.4, 0.5) is 10.1 Å². The first-order chi connectivity index (χ1) is 8.90. The zero-order valence-electron chi connectivity index (χ0n) is 11.2. The van der Waals surface area contributed by atoms with E-state index in [1.165, 1.54) is 0 Å². The summed E-state index contributed by atoms with van der Waals surface area (Å²) >= 11 is 9.91. The number of thiocarbonyl (C=S) groups is 1. The third-order valence-corrected chi connectivity index (χ3v) is 4.75. The number of hydrogen-bond acceptors (Lipinski definition) is 3. The molecule has 0 aliphatic rings. The SMILES string of the molecule is CSCCC(C)N(C)c1ccc(C(N)=S)c(Br)c1F. The van der Waals surface area contributed by atoms with Gasteiger partial charge in [0.2, 0.25) is 0 Å². The maximum atomic E-state index is 14.3. The molecule has 106 valence electrons. The lowest BCUT2D eigenvalue weighted by Crippen LogP contribution is -2.30. The molecule has 1 rings (SSSR count). The molecule has 0 radical (unpaired) electrons. The van der Waals surface area contributed by atoms with Crippen molar-refractivity contribution in [2.45, 2.75) is 19.4 Å². The van der Waals surface area contributed by atoms with Gasteiger partial charge in [0.05, 0.1) is 10.2 Å². The molecule has 0 spiro atoms. The van der Waals surface area contributed by atoms with Gasteiger partial charge >= 0.3 is 0 Å². The molecule has 0 aliphatic heterocycles. The molecular formula is C13H18BrFN2S2. The van der Waals surface area contributed by atoms with E-state index in [9.17, 15) is 4.39 Å². The summed E-state index contributed by atoms with van der Waals surface area (Å²) in [6, 6.07) is 3.75. The fraction of sp³-hybridized carbons (Fsp3) is 0.462. The standard InChI is InChI=1S/C13H18BrFN2S2/c1-8(6-7-19-3)17(2)10-5-4-9(13(16)18)11(14)12(10)15/h4-5,8H,6-7H2,1-3H3,(H2,16,18). The number of thioether (sulfide) groups is 1. The molecule has 1 atom stereocenters. The van der Waals surface area contributed by atoms with Crippen molar-refractivity contribution in [3.05, 3.63) is 28.0 Å². The van der Waals surface area contributed by atoms with E-state index in [4.69, 9.17) is 18.0 Å². The second-order valence-electron chi connectivity index (χ2n) is 4.37. The minimum Gasteiger partial charge on any atom is -0.389 e. The first kappa shape index (κ1) is 16.7. The lowest BCUT2D eigenvalue weighted by Gasteiger charge is -2.28. The summed E-state index contributed by atoms with van der Waals surface area (Å²) in [7, 11) is 1.90. The van der Waals surface area contributed by atoms with Crippen molar-refractivity contribution in [3.63, 3.8) is 0 Å².